The molecule has 144 valence electrons. The minimum Gasteiger partial charge on any atom is -0.364 e. The molecule has 0 saturated heterocycles. The SMILES string of the molecule is CN1CCn2nc(Nc3nccc(-c4cccc(-c5ccon5)c4)n3)cc2C1=O. The minimum atomic E-state index is -0.0452. The smallest absolute Gasteiger partial charge is 0.272 e. The van der Waals surface area contributed by atoms with Crippen LogP contribution in [0.15, 0.2) is 59.4 Å². The van der Waals surface area contributed by atoms with Gasteiger partial charge < -0.3 is 14.7 Å². The number of anilines is 2. The molecule has 5 rings (SSSR count). The maximum atomic E-state index is 12.2. The van der Waals surface area contributed by atoms with Gasteiger partial charge in [-0.25, -0.2) is 9.97 Å². The van der Waals surface area contributed by atoms with Crippen LogP contribution in [0, 0.1) is 0 Å². The second-order valence-electron chi connectivity index (χ2n) is 6.72. The summed E-state index contributed by atoms with van der Waals surface area (Å²) in [4.78, 5) is 22.8. The van der Waals surface area contributed by atoms with Crippen molar-refractivity contribution in [3.8, 4) is 22.5 Å². The van der Waals surface area contributed by atoms with E-state index >= 15 is 0 Å². The van der Waals surface area contributed by atoms with E-state index in [0.29, 0.717) is 30.5 Å². The summed E-state index contributed by atoms with van der Waals surface area (Å²) in [7, 11) is 1.78. The average Bonchev–Trinajstić information content (AvgIpc) is 3.42. The lowest BCUT2D eigenvalue weighted by Crippen LogP contribution is -2.37. The summed E-state index contributed by atoms with van der Waals surface area (Å²) in [5, 5.41) is 11.5. The van der Waals surface area contributed by atoms with E-state index in [9.17, 15) is 4.79 Å². The van der Waals surface area contributed by atoms with Crippen LogP contribution in [0.2, 0.25) is 0 Å². The van der Waals surface area contributed by atoms with Crippen LogP contribution >= 0.6 is 0 Å². The Kier molecular flexibility index (Phi) is 4.05. The highest BCUT2D eigenvalue weighted by molar-refractivity contribution is 5.94. The van der Waals surface area contributed by atoms with Crippen molar-refractivity contribution in [3.63, 3.8) is 0 Å². The van der Waals surface area contributed by atoms with E-state index in [-0.39, 0.29) is 5.91 Å². The van der Waals surface area contributed by atoms with Gasteiger partial charge in [-0.1, -0.05) is 23.4 Å². The van der Waals surface area contributed by atoms with Gasteiger partial charge in [0.25, 0.3) is 5.91 Å². The Bertz CT molecular complexity index is 1180. The van der Waals surface area contributed by atoms with Crippen LogP contribution in [0.5, 0.6) is 0 Å². The van der Waals surface area contributed by atoms with Crippen molar-refractivity contribution in [1.82, 2.24) is 29.8 Å². The molecule has 0 spiro atoms. The third kappa shape index (κ3) is 3.22. The van der Waals surface area contributed by atoms with Gasteiger partial charge in [-0.3, -0.25) is 9.48 Å². The summed E-state index contributed by atoms with van der Waals surface area (Å²) in [5.41, 5.74) is 3.94. The maximum Gasteiger partial charge on any atom is 0.272 e. The molecule has 3 aromatic heterocycles. The Hall–Kier alpha value is -4.01. The fourth-order valence-corrected chi connectivity index (χ4v) is 3.26. The number of amides is 1. The van der Waals surface area contributed by atoms with Gasteiger partial charge in [0.1, 0.15) is 17.7 Å². The van der Waals surface area contributed by atoms with Gasteiger partial charge >= 0.3 is 0 Å². The summed E-state index contributed by atoms with van der Waals surface area (Å²) < 4.78 is 6.63. The van der Waals surface area contributed by atoms with Crippen molar-refractivity contribution in [2.75, 3.05) is 18.9 Å². The minimum absolute atomic E-state index is 0.0452. The van der Waals surface area contributed by atoms with Crippen molar-refractivity contribution in [2.45, 2.75) is 6.54 Å². The molecule has 9 heteroatoms. The third-order valence-electron chi connectivity index (χ3n) is 4.78. The van der Waals surface area contributed by atoms with E-state index in [0.717, 1.165) is 22.5 Å². The van der Waals surface area contributed by atoms with E-state index in [2.05, 4.69) is 25.5 Å². The number of nitrogens with one attached hydrogen (secondary N) is 1. The van der Waals surface area contributed by atoms with Crippen molar-refractivity contribution >= 4 is 17.7 Å². The van der Waals surface area contributed by atoms with Crippen molar-refractivity contribution in [2.24, 2.45) is 0 Å². The zero-order chi connectivity index (χ0) is 19.8. The summed E-state index contributed by atoms with van der Waals surface area (Å²) in [6.45, 7) is 1.30. The van der Waals surface area contributed by atoms with E-state index in [1.54, 1.807) is 35.2 Å². The monoisotopic (exact) mass is 387 g/mol. The van der Waals surface area contributed by atoms with Crippen LogP contribution in [0.4, 0.5) is 11.8 Å². The molecule has 0 fully saturated rings. The van der Waals surface area contributed by atoms with Gasteiger partial charge in [0.2, 0.25) is 5.95 Å². The molecule has 0 unspecified atom stereocenters. The van der Waals surface area contributed by atoms with Gasteiger partial charge in [-0.2, -0.15) is 5.10 Å². The topological polar surface area (TPSA) is 102 Å². The highest BCUT2D eigenvalue weighted by atomic mass is 16.5. The van der Waals surface area contributed by atoms with Gasteiger partial charge in [-0.15, -0.1) is 0 Å². The lowest BCUT2D eigenvalue weighted by Gasteiger charge is -2.22. The van der Waals surface area contributed by atoms with Crippen LogP contribution in [0.1, 0.15) is 10.5 Å². The number of nitrogens with zero attached hydrogens (tertiary/aromatic N) is 6. The first-order chi connectivity index (χ1) is 14.2. The molecular formula is C20H17N7O2. The number of aromatic nitrogens is 5. The van der Waals surface area contributed by atoms with Crippen LogP contribution in [-0.2, 0) is 6.54 Å². The molecular weight excluding hydrogens is 370 g/mol. The Morgan fingerprint density at radius 1 is 1.07 bits per heavy atom. The van der Waals surface area contributed by atoms with Crippen molar-refractivity contribution < 1.29 is 9.32 Å². The Balaban J connectivity index is 1.42. The van der Waals surface area contributed by atoms with E-state index in [1.165, 1.54) is 0 Å². The van der Waals surface area contributed by atoms with Crippen molar-refractivity contribution in [1.29, 1.82) is 0 Å². The normalized spacial score (nSPS) is 13.4. The fraction of sp³-hybridized carbons (Fsp3) is 0.150. The molecule has 4 heterocycles. The zero-order valence-electron chi connectivity index (χ0n) is 15.6. The second kappa shape index (κ2) is 6.86. The van der Waals surface area contributed by atoms with Crippen LogP contribution in [0.25, 0.3) is 22.5 Å². The first-order valence-electron chi connectivity index (χ1n) is 9.12. The number of likely N-dealkylation sites (N-methyl/N-ethyl adjacent to an activating group) is 1. The fourth-order valence-electron chi connectivity index (χ4n) is 3.26. The Labute approximate surface area is 166 Å². The largest absolute Gasteiger partial charge is 0.364 e. The third-order valence-corrected chi connectivity index (χ3v) is 4.78. The molecule has 0 atom stereocenters. The zero-order valence-corrected chi connectivity index (χ0v) is 15.6. The quantitative estimate of drug-likeness (QED) is 0.574. The summed E-state index contributed by atoms with van der Waals surface area (Å²) in [6, 6.07) is 13.2. The molecule has 9 nitrogen and oxygen atoms in total. The van der Waals surface area contributed by atoms with Crippen molar-refractivity contribution in [3.05, 3.63) is 60.6 Å². The van der Waals surface area contributed by atoms with E-state index in [1.807, 2.05) is 36.4 Å². The molecule has 1 aliphatic heterocycles. The lowest BCUT2D eigenvalue weighted by molar-refractivity contribution is 0.0743. The number of carbonyl (C=O) groups is 1. The molecule has 1 aromatic carbocycles. The highest BCUT2D eigenvalue weighted by Crippen LogP contribution is 2.25. The summed E-state index contributed by atoms with van der Waals surface area (Å²) >= 11 is 0. The predicted octanol–water partition coefficient (Wildman–Crippen LogP) is 2.82. The lowest BCUT2D eigenvalue weighted by atomic mass is 10.1. The van der Waals surface area contributed by atoms with E-state index < -0.39 is 0 Å². The standard InChI is InChI=1S/C20H17N7O2/c1-26-8-9-27-17(19(26)28)12-18(24-27)23-20-21-7-5-15(22-20)13-3-2-4-14(11-13)16-6-10-29-25-16/h2-7,10-12H,8-9H2,1H3,(H,21,22,23,24). The highest BCUT2D eigenvalue weighted by Gasteiger charge is 2.23. The number of carbonyl (C=O) groups excluding carboxylic acids is 1. The van der Waals surface area contributed by atoms with Gasteiger partial charge in [0, 0.05) is 43.0 Å². The van der Waals surface area contributed by atoms with Crippen LogP contribution in [-0.4, -0.2) is 49.3 Å². The predicted molar refractivity (Wildman–Crippen MR) is 105 cm³/mol. The number of hydrogen-bond acceptors (Lipinski definition) is 7. The molecule has 1 N–H and O–H groups in total. The molecule has 0 saturated carbocycles. The second-order valence-corrected chi connectivity index (χ2v) is 6.72. The first kappa shape index (κ1) is 17.1. The van der Waals surface area contributed by atoms with E-state index in [4.69, 9.17) is 4.52 Å². The number of hydrogen-bond donors (Lipinski definition) is 1. The summed E-state index contributed by atoms with van der Waals surface area (Å²) in [5.74, 6) is 0.902. The number of fused-ring (bicyclic) bond motifs is 1. The average molecular weight is 387 g/mol. The Morgan fingerprint density at radius 3 is 2.76 bits per heavy atom. The maximum absolute atomic E-state index is 12.2. The molecule has 1 aliphatic rings. The molecule has 0 bridgehead atoms. The molecule has 0 aliphatic carbocycles. The first-order valence-corrected chi connectivity index (χ1v) is 9.12. The molecule has 4 aromatic rings. The Morgan fingerprint density at radius 2 is 1.93 bits per heavy atom. The van der Waals surface area contributed by atoms with Crippen LogP contribution < -0.4 is 5.32 Å². The number of benzene rings is 1. The van der Waals surface area contributed by atoms with Gasteiger partial charge in [-0.05, 0) is 12.1 Å². The number of rotatable bonds is 4. The molecule has 29 heavy (non-hydrogen) atoms. The molecule has 0 radical (unpaired) electrons. The molecule has 1 amide bonds. The van der Waals surface area contributed by atoms with Crippen LogP contribution in [0.3, 0.4) is 0 Å². The van der Waals surface area contributed by atoms with Gasteiger partial charge in [0.15, 0.2) is 5.82 Å². The van der Waals surface area contributed by atoms with Gasteiger partial charge in [0.05, 0.1) is 12.2 Å². The summed E-state index contributed by atoms with van der Waals surface area (Å²) in [6.07, 6.45) is 3.23.